The van der Waals surface area contributed by atoms with E-state index in [2.05, 4.69) is 10.1 Å². The molecule has 0 bridgehead atoms. The number of benzene rings is 2. The lowest BCUT2D eigenvalue weighted by Gasteiger charge is -2.12. The molecular weight excluding hydrogens is 376 g/mol. The fraction of sp³-hybridized carbons (Fsp3) is 0.333. The van der Waals surface area contributed by atoms with Gasteiger partial charge in [0.15, 0.2) is 23.0 Å². The van der Waals surface area contributed by atoms with Crippen molar-refractivity contribution < 1.29 is 28.2 Å². The molecule has 0 spiro atoms. The highest BCUT2D eigenvalue weighted by molar-refractivity contribution is 5.68. The van der Waals surface area contributed by atoms with Gasteiger partial charge >= 0.3 is 0 Å². The first-order chi connectivity index (χ1) is 14.1. The average molecular weight is 400 g/mol. The van der Waals surface area contributed by atoms with Crippen molar-refractivity contribution >= 4 is 0 Å². The number of nitrogens with zero attached hydrogens (tertiary/aromatic N) is 2. The molecule has 0 aliphatic carbocycles. The largest absolute Gasteiger partial charge is 0.493 e. The van der Waals surface area contributed by atoms with Crippen LogP contribution in [-0.4, -0.2) is 45.2 Å². The summed E-state index contributed by atoms with van der Waals surface area (Å²) in [6.07, 6.45) is 0.911. The van der Waals surface area contributed by atoms with Crippen LogP contribution < -0.4 is 23.7 Å². The molecule has 0 aliphatic rings. The molecule has 154 valence electrons. The summed E-state index contributed by atoms with van der Waals surface area (Å²) in [5.74, 6) is 3.52. The Morgan fingerprint density at radius 1 is 0.793 bits per heavy atom. The first-order valence-corrected chi connectivity index (χ1v) is 9.10. The summed E-state index contributed by atoms with van der Waals surface area (Å²) in [7, 11) is 6.24. The third kappa shape index (κ3) is 4.21. The molecule has 0 amide bonds. The van der Waals surface area contributed by atoms with Gasteiger partial charge in [-0.25, -0.2) is 0 Å². The van der Waals surface area contributed by atoms with Crippen molar-refractivity contribution in [3.8, 4) is 51.6 Å². The van der Waals surface area contributed by atoms with E-state index >= 15 is 0 Å². The number of methoxy groups -OCH3 is 4. The molecule has 2 aromatic carbocycles. The van der Waals surface area contributed by atoms with E-state index in [1.54, 1.807) is 40.6 Å². The van der Waals surface area contributed by atoms with Gasteiger partial charge in [-0.3, -0.25) is 0 Å². The average Bonchev–Trinajstić information content (AvgIpc) is 3.26. The van der Waals surface area contributed by atoms with Crippen molar-refractivity contribution in [2.75, 3.05) is 35.0 Å². The second kappa shape index (κ2) is 9.18. The van der Waals surface area contributed by atoms with Crippen molar-refractivity contribution in [1.82, 2.24) is 10.1 Å². The highest BCUT2D eigenvalue weighted by atomic mass is 16.5. The monoisotopic (exact) mass is 400 g/mol. The van der Waals surface area contributed by atoms with Gasteiger partial charge < -0.3 is 28.2 Å². The molecule has 0 unspecified atom stereocenters. The second-order valence-corrected chi connectivity index (χ2v) is 6.05. The van der Waals surface area contributed by atoms with E-state index in [1.807, 2.05) is 25.1 Å². The summed E-state index contributed by atoms with van der Waals surface area (Å²) in [6, 6.07) is 9.01. The van der Waals surface area contributed by atoms with Crippen LogP contribution in [0.15, 0.2) is 34.9 Å². The third-order valence-corrected chi connectivity index (χ3v) is 4.22. The third-order valence-electron chi connectivity index (χ3n) is 4.22. The maximum Gasteiger partial charge on any atom is 0.258 e. The Bertz CT molecular complexity index is 945. The van der Waals surface area contributed by atoms with E-state index in [0.29, 0.717) is 52.6 Å². The Morgan fingerprint density at radius 3 is 2.03 bits per heavy atom. The normalized spacial score (nSPS) is 10.5. The Balaban J connectivity index is 1.95. The number of hydrogen-bond acceptors (Lipinski definition) is 8. The van der Waals surface area contributed by atoms with Gasteiger partial charge in [-0.1, -0.05) is 12.1 Å². The van der Waals surface area contributed by atoms with Crippen LogP contribution in [0, 0.1) is 0 Å². The molecule has 1 heterocycles. The van der Waals surface area contributed by atoms with Crippen LogP contribution in [0.5, 0.6) is 28.7 Å². The molecule has 0 atom stereocenters. The first-order valence-electron chi connectivity index (χ1n) is 9.10. The van der Waals surface area contributed by atoms with Gasteiger partial charge in [0, 0.05) is 11.1 Å². The number of aromatic nitrogens is 2. The molecular formula is C21H24N2O6. The van der Waals surface area contributed by atoms with E-state index in [-0.39, 0.29) is 0 Å². The summed E-state index contributed by atoms with van der Waals surface area (Å²) < 4.78 is 32.7. The van der Waals surface area contributed by atoms with Crippen molar-refractivity contribution in [2.24, 2.45) is 0 Å². The number of ether oxygens (including phenoxy) is 5. The van der Waals surface area contributed by atoms with Gasteiger partial charge in [0.25, 0.3) is 5.89 Å². The molecule has 1 aromatic heterocycles. The molecule has 8 heteroatoms. The zero-order valence-corrected chi connectivity index (χ0v) is 17.1. The van der Waals surface area contributed by atoms with Gasteiger partial charge in [-0.2, -0.15) is 4.98 Å². The van der Waals surface area contributed by atoms with Crippen LogP contribution in [0.1, 0.15) is 13.3 Å². The Kier molecular flexibility index (Phi) is 6.43. The highest BCUT2D eigenvalue weighted by Gasteiger charge is 2.19. The summed E-state index contributed by atoms with van der Waals surface area (Å²) in [5, 5.41) is 4.09. The summed E-state index contributed by atoms with van der Waals surface area (Å²) in [5.41, 5.74) is 1.39. The first kappa shape index (κ1) is 20.3. The van der Waals surface area contributed by atoms with E-state index in [1.165, 1.54) is 0 Å². The topological polar surface area (TPSA) is 85.1 Å². The van der Waals surface area contributed by atoms with Gasteiger partial charge in [0.2, 0.25) is 11.6 Å². The highest BCUT2D eigenvalue weighted by Crippen LogP contribution is 2.41. The minimum Gasteiger partial charge on any atom is -0.493 e. The lowest BCUT2D eigenvalue weighted by Crippen LogP contribution is -1.98. The Morgan fingerprint density at radius 2 is 1.45 bits per heavy atom. The van der Waals surface area contributed by atoms with Gasteiger partial charge in [-0.05, 0) is 36.8 Å². The molecule has 0 aliphatic heterocycles. The van der Waals surface area contributed by atoms with Gasteiger partial charge in [0.05, 0.1) is 35.0 Å². The predicted octanol–water partition coefficient (Wildman–Crippen LogP) is 4.23. The Hall–Kier alpha value is -3.42. The van der Waals surface area contributed by atoms with E-state index in [4.69, 9.17) is 28.2 Å². The van der Waals surface area contributed by atoms with Crippen LogP contribution in [0.25, 0.3) is 22.8 Å². The molecule has 3 aromatic rings. The van der Waals surface area contributed by atoms with E-state index in [9.17, 15) is 0 Å². The zero-order valence-electron chi connectivity index (χ0n) is 17.1. The maximum absolute atomic E-state index is 5.69. The van der Waals surface area contributed by atoms with Crippen LogP contribution in [0.3, 0.4) is 0 Å². The van der Waals surface area contributed by atoms with Crippen molar-refractivity contribution in [3.63, 3.8) is 0 Å². The van der Waals surface area contributed by atoms with Gasteiger partial charge in [-0.15, -0.1) is 0 Å². The van der Waals surface area contributed by atoms with Crippen molar-refractivity contribution in [1.29, 1.82) is 0 Å². The van der Waals surface area contributed by atoms with E-state index < -0.39 is 0 Å². The second-order valence-electron chi connectivity index (χ2n) is 6.05. The van der Waals surface area contributed by atoms with Crippen LogP contribution in [0.2, 0.25) is 0 Å². The SMILES string of the molecule is CCCOc1ccc(-c2noc(-c3cc(OC)c(OC)c(OC)c3)n2)cc1OC. The molecule has 29 heavy (non-hydrogen) atoms. The maximum atomic E-state index is 5.69. The summed E-state index contributed by atoms with van der Waals surface area (Å²) >= 11 is 0. The Labute approximate surface area is 169 Å². The van der Waals surface area contributed by atoms with Crippen molar-refractivity contribution in [2.45, 2.75) is 13.3 Å². The van der Waals surface area contributed by atoms with Crippen LogP contribution in [0.4, 0.5) is 0 Å². The predicted molar refractivity (Wildman–Crippen MR) is 107 cm³/mol. The molecule has 0 N–H and O–H groups in total. The van der Waals surface area contributed by atoms with Crippen LogP contribution in [-0.2, 0) is 0 Å². The lowest BCUT2D eigenvalue weighted by atomic mass is 10.1. The van der Waals surface area contributed by atoms with Crippen molar-refractivity contribution in [3.05, 3.63) is 30.3 Å². The van der Waals surface area contributed by atoms with E-state index in [0.717, 1.165) is 12.0 Å². The fourth-order valence-electron chi connectivity index (χ4n) is 2.80. The quantitative estimate of drug-likeness (QED) is 0.528. The molecule has 3 rings (SSSR count). The molecule has 0 fully saturated rings. The summed E-state index contributed by atoms with van der Waals surface area (Å²) in [4.78, 5) is 4.50. The minimum atomic E-state index is 0.324. The smallest absolute Gasteiger partial charge is 0.258 e. The lowest BCUT2D eigenvalue weighted by molar-refractivity contribution is 0.294. The standard InChI is InChI=1S/C21H24N2O6/c1-6-9-28-15-8-7-13(10-16(15)24-2)20-22-21(29-23-20)14-11-17(25-3)19(27-5)18(12-14)26-4/h7-8,10-12H,6,9H2,1-5H3. The minimum absolute atomic E-state index is 0.324. The number of hydrogen-bond donors (Lipinski definition) is 0. The zero-order chi connectivity index (χ0) is 20.8. The van der Waals surface area contributed by atoms with Gasteiger partial charge in [0.1, 0.15) is 0 Å². The fourth-order valence-corrected chi connectivity index (χ4v) is 2.80. The molecule has 0 saturated carbocycles. The molecule has 0 radical (unpaired) electrons. The number of rotatable bonds is 9. The van der Waals surface area contributed by atoms with Crippen LogP contribution >= 0.6 is 0 Å². The molecule has 8 nitrogen and oxygen atoms in total. The molecule has 0 saturated heterocycles. The summed E-state index contributed by atoms with van der Waals surface area (Å²) in [6.45, 7) is 2.66.